The van der Waals surface area contributed by atoms with Crippen LogP contribution in [-0.2, 0) is 9.53 Å². The predicted molar refractivity (Wildman–Crippen MR) is 74.4 cm³/mol. The van der Waals surface area contributed by atoms with Crippen LogP contribution in [0.5, 0.6) is 0 Å². The maximum absolute atomic E-state index is 11.7. The van der Waals surface area contributed by atoms with E-state index in [-0.39, 0.29) is 12.5 Å². The third kappa shape index (κ3) is 4.44. The fraction of sp³-hybridized carbons (Fsp3) is 0.385. The van der Waals surface area contributed by atoms with Crippen molar-refractivity contribution in [3.63, 3.8) is 0 Å². The van der Waals surface area contributed by atoms with E-state index < -0.39 is 11.9 Å². The summed E-state index contributed by atoms with van der Waals surface area (Å²) in [6.07, 6.45) is 0. The van der Waals surface area contributed by atoms with Crippen LogP contribution in [0, 0.1) is 12.8 Å². The number of ether oxygens (including phenoxy) is 1. The first-order valence-corrected chi connectivity index (χ1v) is 6.21. The Morgan fingerprint density at radius 3 is 2.74 bits per heavy atom. The number of urea groups is 1. The van der Waals surface area contributed by atoms with Gasteiger partial charge in [-0.25, -0.2) is 4.79 Å². The van der Waals surface area contributed by atoms with Gasteiger partial charge in [0, 0.05) is 6.54 Å². The van der Waals surface area contributed by atoms with Gasteiger partial charge in [0.15, 0.2) is 0 Å². The fourth-order valence-corrected chi connectivity index (χ4v) is 1.61. The van der Waals surface area contributed by atoms with Gasteiger partial charge in [0.1, 0.15) is 0 Å². The monoisotopic (exact) mass is 284 g/mol. The minimum atomic E-state index is -0.414. The number of hydrogen-bond donors (Lipinski definition) is 2. The number of methoxy groups -OCH3 is 1. The van der Waals surface area contributed by atoms with E-state index in [0.717, 1.165) is 5.56 Å². The van der Waals surface area contributed by atoms with Gasteiger partial charge in [-0.1, -0.05) is 30.7 Å². The van der Waals surface area contributed by atoms with Crippen molar-refractivity contribution >= 4 is 29.3 Å². The van der Waals surface area contributed by atoms with Crippen LogP contribution in [0.15, 0.2) is 18.2 Å². The highest BCUT2D eigenvalue weighted by Gasteiger charge is 2.14. The molecule has 0 fully saturated rings. The van der Waals surface area contributed by atoms with E-state index >= 15 is 0 Å². The molecule has 1 atom stereocenters. The molecule has 0 aliphatic heterocycles. The minimum absolute atomic E-state index is 0.196. The molecule has 5 nitrogen and oxygen atoms in total. The molecule has 1 rings (SSSR count). The van der Waals surface area contributed by atoms with E-state index in [1.165, 1.54) is 7.11 Å². The molecule has 0 radical (unpaired) electrons. The van der Waals surface area contributed by atoms with Crippen LogP contribution >= 0.6 is 11.6 Å². The Morgan fingerprint density at radius 2 is 2.11 bits per heavy atom. The van der Waals surface area contributed by atoms with Gasteiger partial charge in [0.25, 0.3) is 0 Å². The van der Waals surface area contributed by atoms with Crippen molar-refractivity contribution in [1.82, 2.24) is 5.32 Å². The molecule has 0 aromatic heterocycles. The molecule has 104 valence electrons. The molecule has 1 aromatic carbocycles. The highest BCUT2D eigenvalue weighted by molar-refractivity contribution is 6.34. The van der Waals surface area contributed by atoms with Crippen molar-refractivity contribution in [2.75, 3.05) is 19.0 Å². The third-order valence-corrected chi connectivity index (χ3v) is 3.11. The Morgan fingerprint density at radius 1 is 1.42 bits per heavy atom. The van der Waals surface area contributed by atoms with Crippen LogP contribution < -0.4 is 10.6 Å². The summed E-state index contributed by atoms with van der Waals surface area (Å²) in [5.41, 5.74) is 1.41. The molecule has 19 heavy (non-hydrogen) atoms. The normalized spacial score (nSPS) is 11.6. The van der Waals surface area contributed by atoms with Gasteiger partial charge in [0.2, 0.25) is 0 Å². The van der Waals surface area contributed by atoms with Crippen LogP contribution in [-0.4, -0.2) is 25.7 Å². The summed E-state index contributed by atoms with van der Waals surface area (Å²) in [4.78, 5) is 22.8. The number of aryl methyl sites for hydroxylation is 1. The molecule has 2 N–H and O–H groups in total. The third-order valence-electron chi connectivity index (χ3n) is 2.61. The van der Waals surface area contributed by atoms with Gasteiger partial charge >= 0.3 is 12.0 Å². The number of carbonyl (C=O) groups is 2. The molecule has 0 spiro atoms. The molecule has 0 aliphatic carbocycles. The van der Waals surface area contributed by atoms with E-state index in [1.54, 1.807) is 19.1 Å². The number of carbonyl (C=O) groups excluding carboxylic acids is 2. The molecule has 0 saturated heterocycles. The molecule has 0 bridgehead atoms. The number of nitrogens with one attached hydrogen (secondary N) is 2. The molecule has 0 unspecified atom stereocenters. The quantitative estimate of drug-likeness (QED) is 0.835. The fourth-order valence-electron chi connectivity index (χ4n) is 1.44. The topological polar surface area (TPSA) is 67.4 Å². The number of halogens is 1. The van der Waals surface area contributed by atoms with Crippen LogP contribution in [0.4, 0.5) is 10.5 Å². The molecule has 1 aromatic rings. The number of rotatable bonds is 4. The van der Waals surface area contributed by atoms with Gasteiger partial charge in [-0.15, -0.1) is 0 Å². The molecule has 0 heterocycles. The highest BCUT2D eigenvalue weighted by Crippen LogP contribution is 2.24. The number of benzene rings is 1. The summed E-state index contributed by atoms with van der Waals surface area (Å²) in [6, 6.07) is 4.94. The SMILES string of the molecule is COC(=O)[C@@H](C)CNC(=O)Nc1cccc(C)c1Cl. The number of amides is 2. The van der Waals surface area contributed by atoms with Gasteiger partial charge in [-0.2, -0.15) is 0 Å². The van der Waals surface area contributed by atoms with Crippen molar-refractivity contribution in [2.45, 2.75) is 13.8 Å². The van der Waals surface area contributed by atoms with Crippen molar-refractivity contribution in [2.24, 2.45) is 5.92 Å². The Hall–Kier alpha value is -1.75. The molecule has 0 aliphatic rings. The first-order chi connectivity index (χ1) is 8.95. The van der Waals surface area contributed by atoms with Gasteiger partial charge < -0.3 is 15.4 Å². The van der Waals surface area contributed by atoms with Gasteiger partial charge in [-0.3, -0.25) is 4.79 Å². The van der Waals surface area contributed by atoms with E-state index in [1.807, 2.05) is 13.0 Å². The maximum atomic E-state index is 11.7. The van der Waals surface area contributed by atoms with Crippen molar-refractivity contribution < 1.29 is 14.3 Å². The number of anilines is 1. The molecular formula is C13H17ClN2O3. The molecular weight excluding hydrogens is 268 g/mol. The zero-order chi connectivity index (χ0) is 14.4. The summed E-state index contributed by atoms with van der Waals surface area (Å²) >= 11 is 6.06. The standard InChI is InChI=1S/C13H17ClN2O3/c1-8-5-4-6-10(11(8)14)16-13(18)15-7-9(2)12(17)19-3/h4-6,9H,7H2,1-3H3,(H2,15,16,18)/t9-/m0/s1. The van der Waals surface area contributed by atoms with Crippen molar-refractivity contribution in [3.05, 3.63) is 28.8 Å². The molecule has 6 heteroatoms. The van der Waals surface area contributed by atoms with E-state index in [2.05, 4.69) is 15.4 Å². The first-order valence-electron chi connectivity index (χ1n) is 5.83. The molecule has 0 saturated carbocycles. The predicted octanol–water partition coefficient (Wildman–Crippen LogP) is 2.58. The Bertz CT molecular complexity index is 477. The van der Waals surface area contributed by atoms with Crippen molar-refractivity contribution in [1.29, 1.82) is 0 Å². The summed E-state index contributed by atoms with van der Waals surface area (Å²) in [6.45, 7) is 3.72. The summed E-state index contributed by atoms with van der Waals surface area (Å²) in [5, 5.41) is 5.71. The zero-order valence-electron chi connectivity index (χ0n) is 11.1. The number of esters is 1. The lowest BCUT2D eigenvalue weighted by atomic mass is 10.2. The second-order valence-corrected chi connectivity index (χ2v) is 4.57. The smallest absolute Gasteiger partial charge is 0.319 e. The second-order valence-electron chi connectivity index (χ2n) is 4.20. The summed E-state index contributed by atoms with van der Waals surface area (Å²) in [7, 11) is 1.31. The average Bonchev–Trinajstić information content (AvgIpc) is 2.40. The second kappa shape index (κ2) is 6.99. The van der Waals surface area contributed by atoms with E-state index in [9.17, 15) is 9.59 Å². The maximum Gasteiger partial charge on any atom is 0.319 e. The zero-order valence-corrected chi connectivity index (χ0v) is 11.9. The van der Waals surface area contributed by atoms with Gasteiger partial charge in [-0.05, 0) is 18.6 Å². The average molecular weight is 285 g/mol. The van der Waals surface area contributed by atoms with E-state index in [0.29, 0.717) is 10.7 Å². The largest absolute Gasteiger partial charge is 0.469 e. The molecule has 2 amide bonds. The lowest BCUT2D eigenvalue weighted by molar-refractivity contribution is -0.144. The van der Waals surface area contributed by atoms with Crippen molar-refractivity contribution in [3.8, 4) is 0 Å². The summed E-state index contributed by atoms with van der Waals surface area (Å²) in [5.74, 6) is -0.766. The lowest BCUT2D eigenvalue weighted by Gasteiger charge is -2.12. The lowest BCUT2D eigenvalue weighted by Crippen LogP contribution is -2.35. The Kier molecular flexibility index (Phi) is 5.63. The van der Waals surface area contributed by atoms with Crippen LogP contribution in [0.25, 0.3) is 0 Å². The van der Waals surface area contributed by atoms with Crippen LogP contribution in [0.1, 0.15) is 12.5 Å². The number of hydrogen-bond acceptors (Lipinski definition) is 3. The minimum Gasteiger partial charge on any atom is -0.469 e. The van der Waals surface area contributed by atoms with Crippen LogP contribution in [0.3, 0.4) is 0 Å². The Balaban J connectivity index is 2.52. The Labute approximate surface area is 117 Å². The highest BCUT2D eigenvalue weighted by atomic mass is 35.5. The van der Waals surface area contributed by atoms with E-state index in [4.69, 9.17) is 11.6 Å². The first kappa shape index (κ1) is 15.3. The van der Waals surface area contributed by atoms with Gasteiger partial charge in [0.05, 0.1) is 23.7 Å². The summed E-state index contributed by atoms with van der Waals surface area (Å²) < 4.78 is 4.57. The van der Waals surface area contributed by atoms with Crippen LogP contribution in [0.2, 0.25) is 5.02 Å².